The van der Waals surface area contributed by atoms with Gasteiger partial charge in [0.05, 0.1) is 22.1 Å². The predicted octanol–water partition coefficient (Wildman–Crippen LogP) is 3.45. The van der Waals surface area contributed by atoms with E-state index in [9.17, 15) is 18.0 Å². The number of para-hydroxylation sites is 2. The fourth-order valence-corrected chi connectivity index (χ4v) is 4.17. The molecule has 0 fully saturated rings. The summed E-state index contributed by atoms with van der Waals surface area (Å²) >= 11 is 5.65. The molecule has 2 aromatic carbocycles. The van der Waals surface area contributed by atoms with Crippen LogP contribution in [0.15, 0.2) is 71.8 Å². The van der Waals surface area contributed by atoms with Crippen LogP contribution in [0.1, 0.15) is 23.8 Å². The van der Waals surface area contributed by atoms with Crippen molar-refractivity contribution in [2.45, 2.75) is 24.3 Å². The smallest absolute Gasteiger partial charge is 0.359 e. The van der Waals surface area contributed by atoms with Gasteiger partial charge in [0.1, 0.15) is 0 Å². The van der Waals surface area contributed by atoms with Crippen LogP contribution in [0.5, 0.6) is 0 Å². The van der Waals surface area contributed by atoms with E-state index in [4.69, 9.17) is 16.3 Å². The van der Waals surface area contributed by atoms with Crippen LogP contribution >= 0.6 is 11.6 Å². The normalized spacial score (nSPS) is 12.1. The Bertz CT molecular complexity index is 1510. The Kier molecular flexibility index (Phi) is 7.36. The van der Waals surface area contributed by atoms with E-state index in [1.807, 2.05) is 0 Å². The molecule has 1 unspecified atom stereocenters. The first-order chi connectivity index (χ1) is 17.2. The molecule has 0 aliphatic carbocycles. The third-order valence-corrected chi connectivity index (χ3v) is 6.45. The van der Waals surface area contributed by atoms with E-state index in [0.717, 1.165) is 0 Å². The molecular weight excluding hydrogens is 508 g/mol. The highest BCUT2D eigenvalue weighted by molar-refractivity contribution is 7.92. The molecule has 4 rings (SSSR count). The van der Waals surface area contributed by atoms with Crippen molar-refractivity contribution < 1.29 is 22.7 Å². The third kappa shape index (κ3) is 5.90. The van der Waals surface area contributed by atoms with Gasteiger partial charge in [-0.2, -0.15) is 0 Å². The second-order valence-corrected chi connectivity index (χ2v) is 9.48. The zero-order chi connectivity index (χ0) is 25.7. The molecule has 0 saturated carbocycles. The van der Waals surface area contributed by atoms with Crippen molar-refractivity contribution in [2.24, 2.45) is 0 Å². The number of carbonyl (C=O) groups excluding carboxylic acids is 2. The molecule has 2 heterocycles. The molecule has 2 aromatic heterocycles. The Balaban J connectivity index is 1.40. The van der Waals surface area contributed by atoms with Gasteiger partial charge in [-0.05, 0) is 55.0 Å². The van der Waals surface area contributed by atoms with E-state index >= 15 is 0 Å². The number of carbonyl (C=O) groups is 2. The Labute approximate surface area is 210 Å². The Morgan fingerprint density at radius 1 is 1.00 bits per heavy atom. The minimum atomic E-state index is -3.95. The number of benzene rings is 2. The molecule has 0 radical (unpaired) electrons. The van der Waals surface area contributed by atoms with Crippen molar-refractivity contribution in [1.29, 1.82) is 0 Å². The quantitative estimate of drug-likeness (QED) is 0.328. The van der Waals surface area contributed by atoms with Gasteiger partial charge in [-0.3, -0.25) is 14.5 Å². The lowest BCUT2D eigenvalue weighted by Crippen LogP contribution is -2.32. The van der Waals surface area contributed by atoms with Gasteiger partial charge in [0.2, 0.25) is 0 Å². The van der Waals surface area contributed by atoms with E-state index in [-0.39, 0.29) is 28.0 Å². The number of aromatic nitrogens is 4. The summed E-state index contributed by atoms with van der Waals surface area (Å²) in [5, 5.41) is 9.97. The molecule has 0 spiro atoms. The van der Waals surface area contributed by atoms with Gasteiger partial charge in [0.25, 0.3) is 15.9 Å². The molecular formula is C23H19ClN6O5S. The largest absolute Gasteiger partial charge is 0.447 e. The van der Waals surface area contributed by atoms with E-state index < -0.39 is 28.0 Å². The third-order valence-electron chi connectivity index (χ3n) is 4.87. The lowest BCUT2D eigenvalue weighted by molar-refractivity contribution is -0.124. The second-order valence-electron chi connectivity index (χ2n) is 7.41. The molecule has 0 aliphatic rings. The molecule has 0 bridgehead atoms. The van der Waals surface area contributed by atoms with Crippen LogP contribution in [0.4, 0.5) is 11.5 Å². The first kappa shape index (κ1) is 24.9. The highest BCUT2D eigenvalue weighted by Crippen LogP contribution is 2.18. The molecule has 0 aliphatic heterocycles. The molecule has 1 atom stereocenters. The van der Waals surface area contributed by atoms with Gasteiger partial charge >= 0.3 is 5.97 Å². The monoisotopic (exact) mass is 526 g/mol. The predicted molar refractivity (Wildman–Crippen MR) is 132 cm³/mol. The maximum Gasteiger partial charge on any atom is 0.359 e. The van der Waals surface area contributed by atoms with Gasteiger partial charge < -0.3 is 10.1 Å². The molecule has 13 heteroatoms. The van der Waals surface area contributed by atoms with Crippen molar-refractivity contribution in [3.8, 4) is 0 Å². The average molecular weight is 527 g/mol. The molecule has 1 amide bonds. The van der Waals surface area contributed by atoms with Gasteiger partial charge in [-0.1, -0.05) is 30.7 Å². The van der Waals surface area contributed by atoms with Crippen LogP contribution in [0.25, 0.3) is 11.0 Å². The number of hydrogen-bond donors (Lipinski definition) is 2. The summed E-state index contributed by atoms with van der Waals surface area (Å²) < 4.78 is 32.7. The van der Waals surface area contributed by atoms with Crippen LogP contribution in [0.2, 0.25) is 5.15 Å². The molecule has 36 heavy (non-hydrogen) atoms. The number of ether oxygens (including phenoxy) is 1. The number of fused-ring (bicyclic) bond motifs is 1. The van der Waals surface area contributed by atoms with Crippen LogP contribution < -0.4 is 10.0 Å². The summed E-state index contributed by atoms with van der Waals surface area (Å²) in [4.78, 5) is 33.6. The number of hydrogen-bond acceptors (Lipinski definition) is 9. The Morgan fingerprint density at radius 3 is 2.39 bits per heavy atom. The number of amides is 1. The van der Waals surface area contributed by atoms with Gasteiger partial charge in [-0.15, -0.1) is 10.2 Å². The molecule has 2 N–H and O–H groups in total. The van der Waals surface area contributed by atoms with Crippen molar-refractivity contribution in [3.63, 3.8) is 0 Å². The van der Waals surface area contributed by atoms with Gasteiger partial charge in [0.15, 0.2) is 22.8 Å². The fraction of sp³-hybridized carbons (Fsp3) is 0.130. The summed E-state index contributed by atoms with van der Waals surface area (Å²) in [6.07, 6.45) is 0.397. The zero-order valence-corrected chi connectivity index (χ0v) is 20.3. The summed E-state index contributed by atoms with van der Waals surface area (Å²) in [6.45, 7) is 1.69. The maximum absolute atomic E-state index is 12.7. The number of anilines is 2. The summed E-state index contributed by atoms with van der Waals surface area (Å²) in [6, 6.07) is 15.2. The molecule has 11 nitrogen and oxygen atoms in total. The first-order valence-electron chi connectivity index (χ1n) is 10.6. The molecule has 0 saturated heterocycles. The minimum absolute atomic E-state index is 0.000450. The Hall–Kier alpha value is -4.16. The topological polar surface area (TPSA) is 153 Å². The van der Waals surface area contributed by atoms with E-state index in [1.54, 1.807) is 31.2 Å². The van der Waals surface area contributed by atoms with Crippen molar-refractivity contribution in [1.82, 2.24) is 20.2 Å². The van der Waals surface area contributed by atoms with Crippen molar-refractivity contribution >= 4 is 56.0 Å². The highest BCUT2D eigenvalue weighted by Gasteiger charge is 2.23. The summed E-state index contributed by atoms with van der Waals surface area (Å²) in [7, 11) is -3.95. The lowest BCUT2D eigenvalue weighted by Gasteiger charge is -2.16. The van der Waals surface area contributed by atoms with Gasteiger partial charge in [0, 0.05) is 5.69 Å². The second kappa shape index (κ2) is 10.6. The lowest BCUT2D eigenvalue weighted by atomic mass is 10.2. The van der Waals surface area contributed by atoms with Crippen LogP contribution in [0, 0.1) is 0 Å². The Morgan fingerprint density at radius 2 is 1.72 bits per heavy atom. The van der Waals surface area contributed by atoms with Crippen molar-refractivity contribution in [3.05, 3.63) is 77.7 Å². The number of rotatable bonds is 8. The first-order valence-corrected chi connectivity index (χ1v) is 12.5. The van der Waals surface area contributed by atoms with E-state index in [0.29, 0.717) is 16.7 Å². The van der Waals surface area contributed by atoms with Crippen LogP contribution in [-0.2, 0) is 19.6 Å². The maximum atomic E-state index is 12.7. The molecule has 4 aromatic rings. The minimum Gasteiger partial charge on any atom is -0.447 e. The number of nitrogens with one attached hydrogen (secondary N) is 2. The average Bonchev–Trinajstić information content (AvgIpc) is 2.88. The highest BCUT2D eigenvalue weighted by atomic mass is 35.5. The van der Waals surface area contributed by atoms with Crippen molar-refractivity contribution in [2.75, 3.05) is 10.0 Å². The summed E-state index contributed by atoms with van der Waals surface area (Å²) in [5.74, 6) is -1.36. The standard InChI is InChI=1S/C23H19ClN6O5S/c1-2-19(35-23(32)18-13-25-16-5-3-4-6-17(16)27-18)22(31)26-14-7-9-15(10-8-14)36(33,34)30-21-12-11-20(24)28-29-21/h3-13,19H,2H2,1H3,(H,26,31)(H,29,30). The number of esters is 1. The van der Waals surface area contributed by atoms with Crippen LogP contribution in [0.3, 0.4) is 0 Å². The SMILES string of the molecule is CCC(OC(=O)c1cnc2ccccc2n1)C(=O)Nc1ccc(S(=O)(=O)Nc2ccc(Cl)nn2)cc1. The number of sulfonamides is 1. The van der Waals surface area contributed by atoms with Gasteiger partial charge in [-0.25, -0.2) is 18.2 Å². The summed E-state index contributed by atoms with van der Waals surface area (Å²) in [5.41, 5.74) is 1.44. The fourth-order valence-electron chi connectivity index (χ4n) is 3.07. The molecule has 184 valence electrons. The zero-order valence-electron chi connectivity index (χ0n) is 18.8. The van der Waals surface area contributed by atoms with E-state index in [2.05, 4.69) is 30.2 Å². The number of nitrogens with zero attached hydrogens (tertiary/aromatic N) is 4. The van der Waals surface area contributed by atoms with Crippen LogP contribution in [-0.4, -0.2) is 46.6 Å². The number of halogens is 1. The van der Waals surface area contributed by atoms with E-state index in [1.165, 1.54) is 42.6 Å².